The molecule has 26 heavy (non-hydrogen) atoms. The summed E-state index contributed by atoms with van der Waals surface area (Å²) >= 11 is 0. The van der Waals surface area contributed by atoms with E-state index >= 15 is 0 Å². The predicted molar refractivity (Wildman–Crippen MR) is 101 cm³/mol. The van der Waals surface area contributed by atoms with Gasteiger partial charge in [0.1, 0.15) is 5.82 Å². The molecule has 1 saturated heterocycles. The summed E-state index contributed by atoms with van der Waals surface area (Å²) in [5, 5.41) is 0. The van der Waals surface area contributed by atoms with Gasteiger partial charge in [-0.2, -0.15) is 0 Å². The lowest BCUT2D eigenvalue weighted by Crippen LogP contribution is -2.52. The number of piperazine rings is 1. The highest BCUT2D eigenvalue weighted by Crippen LogP contribution is 2.38. The van der Waals surface area contributed by atoms with Crippen LogP contribution < -0.4 is 14.4 Å². The highest BCUT2D eigenvalue weighted by molar-refractivity contribution is 5.50. The maximum absolute atomic E-state index is 5.57. The first-order valence-electron chi connectivity index (χ1n) is 9.60. The molecule has 1 unspecified atom stereocenters. The molecule has 5 heteroatoms. The molecule has 0 bridgehead atoms. The first-order chi connectivity index (χ1) is 12.8. The first-order valence-corrected chi connectivity index (χ1v) is 9.60. The van der Waals surface area contributed by atoms with Gasteiger partial charge < -0.3 is 14.4 Å². The quantitative estimate of drug-likeness (QED) is 0.832. The van der Waals surface area contributed by atoms with E-state index in [9.17, 15) is 0 Å². The summed E-state index contributed by atoms with van der Waals surface area (Å²) in [6.45, 7) is 6.75. The lowest BCUT2D eigenvalue weighted by atomic mass is 9.87. The highest BCUT2D eigenvalue weighted by atomic mass is 16.7. The van der Waals surface area contributed by atoms with Gasteiger partial charge in [-0.3, -0.25) is 4.90 Å². The standard InChI is InChI=1S/C21H25N3O2/c1-15-3-2-4-21(22-15)24-9-7-23(8-10-24)18-6-5-16-12-19-20(26-14-25-19)13-17(16)11-18/h2-4,12-13,18H,5-11,14H2,1H3. The molecule has 2 aromatic rings. The Labute approximate surface area is 154 Å². The number of hydrogen-bond donors (Lipinski definition) is 0. The van der Waals surface area contributed by atoms with Crippen LogP contribution in [0, 0.1) is 6.92 Å². The van der Waals surface area contributed by atoms with Gasteiger partial charge >= 0.3 is 0 Å². The van der Waals surface area contributed by atoms with E-state index in [0.29, 0.717) is 12.8 Å². The monoisotopic (exact) mass is 351 g/mol. The maximum Gasteiger partial charge on any atom is 0.231 e. The van der Waals surface area contributed by atoms with Gasteiger partial charge in [-0.05, 0) is 61.6 Å². The van der Waals surface area contributed by atoms with E-state index < -0.39 is 0 Å². The lowest BCUT2D eigenvalue weighted by molar-refractivity contribution is 0.169. The van der Waals surface area contributed by atoms with Crippen molar-refractivity contribution in [3.8, 4) is 11.5 Å². The molecule has 136 valence electrons. The summed E-state index contributed by atoms with van der Waals surface area (Å²) in [6, 6.07) is 11.3. The summed E-state index contributed by atoms with van der Waals surface area (Å²) in [7, 11) is 0. The van der Waals surface area contributed by atoms with E-state index in [-0.39, 0.29) is 0 Å². The van der Waals surface area contributed by atoms with Gasteiger partial charge in [0, 0.05) is 37.9 Å². The van der Waals surface area contributed by atoms with Crippen LogP contribution in [0.5, 0.6) is 11.5 Å². The molecule has 1 aromatic heterocycles. The van der Waals surface area contributed by atoms with E-state index in [4.69, 9.17) is 9.47 Å². The van der Waals surface area contributed by atoms with E-state index in [2.05, 4.69) is 52.0 Å². The van der Waals surface area contributed by atoms with Crippen molar-refractivity contribution in [2.75, 3.05) is 37.9 Å². The molecule has 5 rings (SSSR count). The second kappa shape index (κ2) is 6.47. The van der Waals surface area contributed by atoms with Gasteiger partial charge in [-0.1, -0.05) is 6.07 Å². The SMILES string of the molecule is Cc1cccc(N2CCN(C3CCc4cc5c(cc4C3)OCO5)CC2)n1. The fourth-order valence-corrected chi connectivity index (χ4v) is 4.46. The molecule has 1 aromatic carbocycles. The minimum Gasteiger partial charge on any atom is -0.454 e. The fraction of sp³-hybridized carbons (Fsp3) is 0.476. The van der Waals surface area contributed by atoms with Crippen LogP contribution in [0.15, 0.2) is 30.3 Å². The van der Waals surface area contributed by atoms with Crippen LogP contribution in [0.2, 0.25) is 0 Å². The van der Waals surface area contributed by atoms with Crippen LogP contribution in [-0.2, 0) is 12.8 Å². The van der Waals surface area contributed by atoms with Crippen molar-refractivity contribution >= 4 is 5.82 Å². The van der Waals surface area contributed by atoms with Gasteiger partial charge in [0.2, 0.25) is 6.79 Å². The molecule has 0 radical (unpaired) electrons. The molecule has 5 nitrogen and oxygen atoms in total. The zero-order valence-electron chi connectivity index (χ0n) is 15.3. The summed E-state index contributed by atoms with van der Waals surface area (Å²) in [5.41, 5.74) is 3.97. The molecule has 1 aliphatic carbocycles. The van der Waals surface area contributed by atoms with Crippen LogP contribution in [0.1, 0.15) is 23.2 Å². The van der Waals surface area contributed by atoms with E-state index in [1.807, 2.05) is 0 Å². The van der Waals surface area contributed by atoms with Crippen LogP contribution >= 0.6 is 0 Å². The maximum atomic E-state index is 5.57. The van der Waals surface area contributed by atoms with Crippen molar-refractivity contribution in [1.29, 1.82) is 0 Å². The molecule has 2 aliphatic heterocycles. The van der Waals surface area contributed by atoms with Gasteiger partial charge in [-0.15, -0.1) is 0 Å². The Morgan fingerprint density at radius 2 is 1.77 bits per heavy atom. The third-order valence-electron chi connectivity index (χ3n) is 5.93. The number of pyridine rings is 1. The second-order valence-electron chi connectivity index (χ2n) is 7.53. The van der Waals surface area contributed by atoms with Crippen molar-refractivity contribution in [3.63, 3.8) is 0 Å². The molecule has 1 atom stereocenters. The number of aryl methyl sites for hydroxylation is 2. The molecule has 0 amide bonds. The third-order valence-corrected chi connectivity index (χ3v) is 5.93. The van der Waals surface area contributed by atoms with Crippen LogP contribution in [0.3, 0.4) is 0 Å². The average Bonchev–Trinajstić information content (AvgIpc) is 3.13. The smallest absolute Gasteiger partial charge is 0.231 e. The minimum absolute atomic E-state index is 0.358. The molecule has 0 spiro atoms. The number of benzene rings is 1. The largest absolute Gasteiger partial charge is 0.454 e. The lowest BCUT2D eigenvalue weighted by Gasteiger charge is -2.41. The molecule has 3 aliphatic rings. The van der Waals surface area contributed by atoms with E-state index in [1.54, 1.807) is 0 Å². The number of rotatable bonds is 2. The van der Waals surface area contributed by atoms with Crippen LogP contribution in [0.4, 0.5) is 5.82 Å². The summed E-state index contributed by atoms with van der Waals surface area (Å²) in [5.74, 6) is 2.95. The molecule has 3 heterocycles. The van der Waals surface area contributed by atoms with Gasteiger partial charge in [-0.25, -0.2) is 4.98 Å². The van der Waals surface area contributed by atoms with E-state index in [0.717, 1.165) is 62.0 Å². The fourth-order valence-electron chi connectivity index (χ4n) is 4.46. The normalized spacial score (nSPS) is 22.3. The predicted octanol–water partition coefficient (Wildman–Crippen LogP) is 2.80. The zero-order valence-corrected chi connectivity index (χ0v) is 15.3. The Kier molecular flexibility index (Phi) is 3.97. The number of nitrogens with zero attached hydrogens (tertiary/aromatic N) is 3. The third kappa shape index (κ3) is 2.90. The molecule has 0 saturated carbocycles. The van der Waals surface area contributed by atoms with Crippen molar-refractivity contribution in [2.24, 2.45) is 0 Å². The second-order valence-corrected chi connectivity index (χ2v) is 7.53. The average molecular weight is 351 g/mol. The summed E-state index contributed by atoms with van der Waals surface area (Å²) in [4.78, 5) is 9.76. The van der Waals surface area contributed by atoms with Crippen LogP contribution in [0.25, 0.3) is 0 Å². The van der Waals surface area contributed by atoms with E-state index in [1.165, 1.54) is 17.5 Å². The Morgan fingerprint density at radius 3 is 2.54 bits per heavy atom. The van der Waals surface area contributed by atoms with Crippen molar-refractivity contribution < 1.29 is 9.47 Å². The minimum atomic E-state index is 0.358. The number of fused-ring (bicyclic) bond motifs is 2. The molecule has 0 N–H and O–H groups in total. The van der Waals surface area contributed by atoms with Gasteiger partial charge in [0.25, 0.3) is 0 Å². The Bertz CT molecular complexity index is 815. The van der Waals surface area contributed by atoms with Crippen molar-refractivity contribution in [1.82, 2.24) is 9.88 Å². The highest BCUT2D eigenvalue weighted by Gasteiger charge is 2.29. The molecule has 1 fully saturated rings. The Morgan fingerprint density at radius 1 is 1.00 bits per heavy atom. The van der Waals surface area contributed by atoms with Crippen LogP contribution in [-0.4, -0.2) is 48.9 Å². The van der Waals surface area contributed by atoms with Gasteiger partial charge in [0.15, 0.2) is 11.5 Å². The molecular weight excluding hydrogens is 326 g/mol. The topological polar surface area (TPSA) is 37.8 Å². The summed E-state index contributed by atoms with van der Waals surface area (Å²) in [6.07, 6.45) is 3.49. The zero-order chi connectivity index (χ0) is 17.5. The van der Waals surface area contributed by atoms with Gasteiger partial charge in [0.05, 0.1) is 0 Å². The van der Waals surface area contributed by atoms with Crippen molar-refractivity contribution in [3.05, 3.63) is 47.2 Å². The number of ether oxygens (including phenoxy) is 2. The number of anilines is 1. The Balaban J connectivity index is 1.25. The number of aromatic nitrogens is 1. The van der Waals surface area contributed by atoms with Crippen molar-refractivity contribution in [2.45, 2.75) is 32.2 Å². The number of hydrogen-bond acceptors (Lipinski definition) is 5. The Hall–Kier alpha value is -2.27. The first kappa shape index (κ1) is 15.9. The summed E-state index contributed by atoms with van der Waals surface area (Å²) < 4.78 is 11.1. The molecular formula is C21H25N3O2.